The van der Waals surface area contributed by atoms with Crippen molar-refractivity contribution in [3.63, 3.8) is 0 Å². The van der Waals surface area contributed by atoms with Gasteiger partial charge >= 0.3 is 11.9 Å². The van der Waals surface area contributed by atoms with Crippen LogP contribution in [0.4, 0.5) is 0 Å². The lowest BCUT2D eigenvalue weighted by molar-refractivity contribution is -0.182. The number of amides is 1. The standard InChI is InChI=1S/C13H15NO6/c1-4-6-19-11(17)13(12(18)20-7-5-2)9(8(3)15)10(16)14-13/h4-5,9H,1-2,6-7H2,3H3,(H,14,16). The SMILES string of the molecule is C=CCOC(=O)C1(C(=O)OCC=C)NC(=O)C1C(C)=O. The highest BCUT2D eigenvalue weighted by atomic mass is 16.6. The summed E-state index contributed by atoms with van der Waals surface area (Å²) in [6.45, 7) is 7.52. The van der Waals surface area contributed by atoms with Gasteiger partial charge in [-0.3, -0.25) is 9.59 Å². The van der Waals surface area contributed by atoms with Gasteiger partial charge in [0, 0.05) is 0 Å². The van der Waals surface area contributed by atoms with Crippen molar-refractivity contribution in [2.24, 2.45) is 5.92 Å². The second kappa shape index (κ2) is 6.14. The third-order valence-corrected chi connectivity index (χ3v) is 2.73. The second-order valence-corrected chi connectivity index (χ2v) is 4.12. The molecule has 7 nitrogen and oxygen atoms in total. The van der Waals surface area contributed by atoms with Gasteiger partial charge in [-0.15, -0.1) is 0 Å². The van der Waals surface area contributed by atoms with Crippen LogP contribution in [0.3, 0.4) is 0 Å². The maximum absolute atomic E-state index is 12.0. The van der Waals surface area contributed by atoms with E-state index < -0.39 is 35.1 Å². The molecular formula is C13H15NO6. The first kappa shape index (κ1) is 15.6. The number of ether oxygens (including phenoxy) is 2. The first-order chi connectivity index (χ1) is 9.41. The molecule has 0 aromatic heterocycles. The monoisotopic (exact) mass is 281 g/mol. The predicted octanol–water partition coefficient (Wildman–Crippen LogP) is -0.481. The molecule has 1 heterocycles. The molecule has 0 aliphatic carbocycles. The summed E-state index contributed by atoms with van der Waals surface area (Å²) in [5, 5.41) is 2.13. The van der Waals surface area contributed by atoms with Crippen LogP contribution in [0.15, 0.2) is 25.3 Å². The highest BCUT2D eigenvalue weighted by molar-refractivity contribution is 6.24. The van der Waals surface area contributed by atoms with Crippen molar-refractivity contribution in [3.05, 3.63) is 25.3 Å². The average Bonchev–Trinajstić information content (AvgIpc) is 2.37. The molecule has 1 fully saturated rings. The number of β-lactam (4-membered cyclic amide) rings is 1. The van der Waals surface area contributed by atoms with Gasteiger partial charge in [-0.1, -0.05) is 25.3 Å². The van der Waals surface area contributed by atoms with E-state index in [4.69, 9.17) is 9.47 Å². The fraction of sp³-hybridized carbons (Fsp3) is 0.385. The molecule has 1 amide bonds. The maximum Gasteiger partial charge on any atom is 0.345 e. The van der Waals surface area contributed by atoms with Crippen LogP contribution in [0.25, 0.3) is 0 Å². The number of hydrogen-bond acceptors (Lipinski definition) is 6. The van der Waals surface area contributed by atoms with Gasteiger partial charge in [0.1, 0.15) is 24.9 Å². The zero-order valence-electron chi connectivity index (χ0n) is 11.0. The lowest BCUT2D eigenvalue weighted by Gasteiger charge is -2.42. The Balaban J connectivity index is 3.07. The molecule has 0 aromatic rings. The first-order valence-electron chi connectivity index (χ1n) is 5.80. The smallest absolute Gasteiger partial charge is 0.345 e. The number of carbonyl (C=O) groups is 4. The molecule has 1 N–H and O–H groups in total. The van der Waals surface area contributed by atoms with Gasteiger partial charge in [-0.25, -0.2) is 9.59 Å². The minimum Gasteiger partial charge on any atom is -0.459 e. The fourth-order valence-electron chi connectivity index (χ4n) is 1.87. The molecule has 108 valence electrons. The zero-order valence-corrected chi connectivity index (χ0v) is 11.0. The van der Waals surface area contributed by atoms with Gasteiger partial charge in [0.05, 0.1) is 0 Å². The van der Waals surface area contributed by atoms with Crippen LogP contribution in [0.1, 0.15) is 6.92 Å². The van der Waals surface area contributed by atoms with E-state index in [9.17, 15) is 19.2 Å². The predicted molar refractivity (Wildman–Crippen MR) is 67.4 cm³/mol. The molecule has 0 radical (unpaired) electrons. The number of nitrogens with one attached hydrogen (secondary N) is 1. The third kappa shape index (κ3) is 2.47. The van der Waals surface area contributed by atoms with E-state index >= 15 is 0 Å². The highest BCUT2D eigenvalue weighted by Crippen LogP contribution is 2.31. The van der Waals surface area contributed by atoms with Crippen LogP contribution >= 0.6 is 0 Å². The van der Waals surface area contributed by atoms with E-state index in [-0.39, 0.29) is 13.2 Å². The summed E-state index contributed by atoms with van der Waals surface area (Å²) < 4.78 is 9.56. The van der Waals surface area contributed by atoms with Crippen LogP contribution in [0.5, 0.6) is 0 Å². The minimum absolute atomic E-state index is 0.157. The van der Waals surface area contributed by atoms with Crippen molar-refractivity contribution in [2.45, 2.75) is 12.5 Å². The van der Waals surface area contributed by atoms with E-state index in [1.165, 1.54) is 12.2 Å². The molecular weight excluding hydrogens is 266 g/mol. The van der Waals surface area contributed by atoms with Crippen LogP contribution in [-0.2, 0) is 28.7 Å². The summed E-state index contributed by atoms with van der Waals surface area (Å²) in [5.74, 6) is -4.89. The number of ketones is 1. The number of esters is 2. The van der Waals surface area contributed by atoms with Crippen molar-refractivity contribution < 1.29 is 28.7 Å². The molecule has 0 aromatic carbocycles. The zero-order chi connectivity index (χ0) is 15.3. The Bertz CT molecular complexity index is 449. The molecule has 0 bridgehead atoms. The van der Waals surface area contributed by atoms with E-state index in [2.05, 4.69) is 18.5 Å². The highest BCUT2D eigenvalue weighted by Gasteiger charge is 2.68. The Labute approximate surface area is 115 Å². The Morgan fingerprint density at radius 3 is 1.95 bits per heavy atom. The third-order valence-electron chi connectivity index (χ3n) is 2.73. The van der Waals surface area contributed by atoms with E-state index in [1.807, 2.05) is 0 Å². The van der Waals surface area contributed by atoms with Gasteiger partial charge in [-0.2, -0.15) is 0 Å². The Kier molecular flexibility index (Phi) is 4.79. The van der Waals surface area contributed by atoms with Crippen molar-refractivity contribution >= 4 is 23.6 Å². The molecule has 1 atom stereocenters. The number of Topliss-reactive ketones (excluding diaryl/α,β-unsaturated/α-hetero) is 1. The summed E-state index contributed by atoms with van der Waals surface area (Å²) in [6, 6.07) is 0. The fourth-order valence-corrected chi connectivity index (χ4v) is 1.87. The summed E-state index contributed by atoms with van der Waals surface area (Å²) in [7, 11) is 0. The van der Waals surface area contributed by atoms with Crippen LogP contribution in [0.2, 0.25) is 0 Å². The van der Waals surface area contributed by atoms with Crippen molar-refractivity contribution in [1.29, 1.82) is 0 Å². The summed E-state index contributed by atoms with van der Waals surface area (Å²) in [5.41, 5.74) is -2.12. The van der Waals surface area contributed by atoms with Gasteiger partial charge in [-0.05, 0) is 6.92 Å². The van der Waals surface area contributed by atoms with Gasteiger partial charge in [0.2, 0.25) is 5.91 Å². The van der Waals surface area contributed by atoms with Crippen molar-refractivity contribution in [1.82, 2.24) is 5.32 Å². The number of rotatable bonds is 7. The lowest BCUT2D eigenvalue weighted by Crippen LogP contribution is -2.79. The summed E-state index contributed by atoms with van der Waals surface area (Å²) in [6.07, 6.45) is 2.59. The molecule has 0 saturated carbocycles. The topological polar surface area (TPSA) is 98.8 Å². The Hall–Kier alpha value is -2.44. The van der Waals surface area contributed by atoms with E-state index in [0.29, 0.717) is 0 Å². The van der Waals surface area contributed by atoms with Crippen molar-refractivity contribution in [2.75, 3.05) is 13.2 Å². The van der Waals surface area contributed by atoms with Crippen LogP contribution in [0, 0.1) is 5.92 Å². The molecule has 20 heavy (non-hydrogen) atoms. The second-order valence-electron chi connectivity index (χ2n) is 4.12. The van der Waals surface area contributed by atoms with Crippen LogP contribution in [-0.4, -0.2) is 42.4 Å². The first-order valence-corrected chi connectivity index (χ1v) is 5.80. The molecule has 7 heteroatoms. The molecule has 1 rings (SSSR count). The average molecular weight is 281 g/mol. The van der Waals surface area contributed by atoms with Crippen molar-refractivity contribution in [3.8, 4) is 0 Å². The molecule has 1 unspecified atom stereocenters. The molecule has 1 aliphatic rings. The normalized spacial score (nSPS) is 19.1. The minimum atomic E-state index is -2.12. The molecule has 0 spiro atoms. The Morgan fingerprint density at radius 1 is 1.20 bits per heavy atom. The lowest BCUT2D eigenvalue weighted by atomic mass is 9.73. The van der Waals surface area contributed by atoms with Gasteiger partial charge in [0.25, 0.3) is 5.54 Å². The van der Waals surface area contributed by atoms with Crippen LogP contribution < -0.4 is 5.32 Å². The summed E-state index contributed by atoms with van der Waals surface area (Å²) >= 11 is 0. The van der Waals surface area contributed by atoms with Gasteiger partial charge < -0.3 is 14.8 Å². The van der Waals surface area contributed by atoms with E-state index in [0.717, 1.165) is 6.92 Å². The quantitative estimate of drug-likeness (QED) is 0.293. The molecule has 1 aliphatic heterocycles. The molecule has 1 saturated heterocycles. The van der Waals surface area contributed by atoms with E-state index in [1.54, 1.807) is 0 Å². The number of hydrogen-bond donors (Lipinski definition) is 1. The largest absolute Gasteiger partial charge is 0.459 e. The van der Waals surface area contributed by atoms with Gasteiger partial charge in [0.15, 0.2) is 0 Å². The maximum atomic E-state index is 12.0. The Morgan fingerprint density at radius 2 is 1.65 bits per heavy atom. The number of carbonyl (C=O) groups excluding carboxylic acids is 4. The summed E-state index contributed by atoms with van der Waals surface area (Å²) in [4.78, 5) is 47.0.